The zero-order chi connectivity index (χ0) is 20.6. The van der Waals surface area contributed by atoms with Gasteiger partial charge < -0.3 is 15.4 Å². The first-order chi connectivity index (χ1) is 13.3. The van der Waals surface area contributed by atoms with Gasteiger partial charge in [0, 0.05) is 29.8 Å². The van der Waals surface area contributed by atoms with Gasteiger partial charge in [0.15, 0.2) is 5.96 Å². The van der Waals surface area contributed by atoms with Crippen LogP contribution in [0.1, 0.15) is 51.5 Å². The van der Waals surface area contributed by atoms with Crippen LogP contribution < -0.4 is 15.4 Å². The number of para-hydroxylation sites is 1. The highest BCUT2D eigenvalue weighted by Gasteiger charge is 2.37. The van der Waals surface area contributed by atoms with Gasteiger partial charge >= 0.3 is 0 Å². The third-order valence-electron chi connectivity index (χ3n) is 5.43. The Kier molecular flexibility index (Phi) is 10.7. The third kappa shape index (κ3) is 7.96. The van der Waals surface area contributed by atoms with Crippen molar-refractivity contribution in [3.8, 4) is 5.75 Å². The molecular formula is C21H36IN3O3S. The van der Waals surface area contributed by atoms with Gasteiger partial charge in [0.1, 0.15) is 15.6 Å². The molecule has 1 saturated carbocycles. The van der Waals surface area contributed by atoms with Crippen LogP contribution in [0.2, 0.25) is 0 Å². The first-order valence-electron chi connectivity index (χ1n) is 10.2. The SMILES string of the molecule is CCNC(=NCC1(c2ccccc2OC)CCCC1)NC(C)CCS(C)(=O)=O.I. The normalized spacial score (nSPS) is 17.3. The molecule has 2 rings (SSSR count). The molecule has 8 heteroatoms. The van der Waals surface area contributed by atoms with Crippen LogP contribution in [0.15, 0.2) is 29.3 Å². The number of nitrogens with one attached hydrogen (secondary N) is 2. The van der Waals surface area contributed by atoms with Gasteiger partial charge in [-0.2, -0.15) is 0 Å². The fraction of sp³-hybridized carbons (Fsp3) is 0.667. The van der Waals surface area contributed by atoms with Crippen molar-refractivity contribution in [2.24, 2.45) is 4.99 Å². The fourth-order valence-electron chi connectivity index (χ4n) is 3.89. The summed E-state index contributed by atoms with van der Waals surface area (Å²) in [6.07, 6.45) is 6.42. The molecule has 0 heterocycles. The van der Waals surface area contributed by atoms with Crippen LogP contribution in [0.3, 0.4) is 0 Å². The molecule has 29 heavy (non-hydrogen) atoms. The van der Waals surface area contributed by atoms with Crippen LogP contribution in [0.5, 0.6) is 5.75 Å². The maximum atomic E-state index is 11.4. The molecule has 1 unspecified atom stereocenters. The predicted octanol–water partition coefficient (Wildman–Crippen LogP) is 3.50. The average molecular weight is 538 g/mol. The summed E-state index contributed by atoms with van der Waals surface area (Å²) in [6, 6.07) is 8.28. The van der Waals surface area contributed by atoms with Crippen molar-refractivity contribution >= 4 is 39.8 Å². The highest BCUT2D eigenvalue weighted by molar-refractivity contribution is 14.0. The van der Waals surface area contributed by atoms with E-state index in [9.17, 15) is 8.42 Å². The van der Waals surface area contributed by atoms with E-state index < -0.39 is 9.84 Å². The summed E-state index contributed by atoms with van der Waals surface area (Å²) in [6.45, 7) is 5.46. The molecule has 0 saturated heterocycles. The van der Waals surface area contributed by atoms with Gasteiger partial charge in [0.2, 0.25) is 0 Å². The van der Waals surface area contributed by atoms with Crippen molar-refractivity contribution in [2.75, 3.05) is 32.2 Å². The quantitative estimate of drug-likeness (QED) is 0.287. The minimum atomic E-state index is -2.96. The Bertz CT molecular complexity index is 762. The standard InChI is InChI=1S/C21H35N3O3S.HI/c1-5-22-20(24-17(2)12-15-28(4,25)26)23-16-21(13-8-9-14-21)18-10-6-7-11-19(18)27-3;/h6-7,10-11,17H,5,8-9,12-16H2,1-4H3,(H2,22,23,24);1H. The lowest BCUT2D eigenvalue weighted by Crippen LogP contribution is -2.43. The first kappa shape index (κ1) is 26.0. The topological polar surface area (TPSA) is 79.8 Å². The molecule has 1 atom stereocenters. The summed E-state index contributed by atoms with van der Waals surface area (Å²) in [4.78, 5) is 4.89. The number of methoxy groups -OCH3 is 1. The van der Waals surface area contributed by atoms with E-state index in [4.69, 9.17) is 9.73 Å². The van der Waals surface area contributed by atoms with Crippen molar-refractivity contribution in [3.05, 3.63) is 29.8 Å². The van der Waals surface area contributed by atoms with E-state index in [1.54, 1.807) is 7.11 Å². The largest absolute Gasteiger partial charge is 0.496 e. The van der Waals surface area contributed by atoms with E-state index in [2.05, 4.69) is 22.8 Å². The monoisotopic (exact) mass is 537 g/mol. The summed E-state index contributed by atoms with van der Waals surface area (Å²) in [5, 5.41) is 6.65. The van der Waals surface area contributed by atoms with Crippen molar-refractivity contribution in [3.63, 3.8) is 0 Å². The second-order valence-electron chi connectivity index (χ2n) is 7.85. The smallest absolute Gasteiger partial charge is 0.191 e. The molecule has 0 aromatic heterocycles. The fourth-order valence-corrected chi connectivity index (χ4v) is 4.68. The Balaban J connectivity index is 0.00000420. The molecule has 0 spiro atoms. The van der Waals surface area contributed by atoms with Gasteiger partial charge in [-0.3, -0.25) is 4.99 Å². The summed E-state index contributed by atoms with van der Waals surface area (Å²) < 4.78 is 28.5. The van der Waals surface area contributed by atoms with E-state index >= 15 is 0 Å². The minimum absolute atomic E-state index is 0. The predicted molar refractivity (Wildman–Crippen MR) is 131 cm³/mol. The molecule has 166 valence electrons. The van der Waals surface area contributed by atoms with Crippen LogP contribution in [-0.2, 0) is 15.3 Å². The second kappa shape index (κ2) is 12.0. The van der Waals surface area contributed by atoms with Gasteiger partial charge in [0.05, 0.1) is 19.4 Å². The number of halogens is 1. The van der Waals surface area contributed by atoms with Crippen LogP contribution >= 0.6 is 24.0 Å². The number of rotatable bonds is 9. The first-order valence-corrected chi connectivity index (χ1v) is 12.2. The zero-order valence-electron chi connectivity index (χ0n) is 18.0. The number of benzene rings is 1. The Morgan fingerprint density at radius 1 is 1.28 bits per heavy atom. The molecule has 1 aromatic rings. The second-order valence-corrected chi connectivity index (χ2v) is 10.1. The molecular weight excluding hydrogens is 501 g/mol. The van der Waals surface area contributed by atoms with Crippen molar-refractivity contribution in [1.29, 1.82) is 0 Å². The number of guanidine groups is 1. The van der Waals surface area contributed by atoms with Crippen molar-refractivity contribution in [1.82, 2.24) is 10.6 Å². The average Bonchev–Trinajstić information content (AvgIpc) is 3.14. The van der Waals surface area contributed by atoms with Gasteiger partial charge in [-0.25, -0.2) is 8.42 Å². The number of hydrogen-bond donors (Lipinski definition) is 2. The molecule has 6 nitrogen and oxygen atoms in total. The lowest BCUT2D eigenvalue weighted by molar-refractivity contribution is 0.377. The molecule has 0 aliphatic heterocycles. The Hall–Kier alpha value is -1.03. The van der Waals surface area contributed by atoms with Gasteiger partial charge in [-0.15, -0.1) is 24.0 Å². The third-order valence-corrected chi connectivity index (χ3v) is 6.41. The molecule has 0 amide bonds. The number of sulfone groups is 1. The number of hydrogen-bond acceptors (Lipinski definition) is 4. The number of nitrogens with zero attached hydrogens (tertiary/aromatic N) is 1. The molecule has 1 fully saturated rings. The zero-order valence-corrected chi connectivity index (χ0v) is 21.2. The molecule has 1 aliphatic carbocycles. The summed E-state index contributed by atoms with van der Waals surface area (Å²) >= 11 is 0. The summed E-state index contributed by atoms with van der Waals surface area (Å²) in [7, 11) is -1.24. The molecule has 0 radical (unpaired) electrons. The van der Waals surface area contributed by atoms with E-state index in [1.165, 1.54) is 24.7 Å². The van der Waals surface area contributed by atoms with E-state index in [-0.39, 0.29) is 41.2 Å². The number of aliphatic imine (C=N–C) groups is 1. The highest BCUT2D eigenvalue weighted by Crippen LogP contribution is 2.44. The lowest BCUT2D eigenvalue weighted by Gasteiger charge is -2.30. The van der Waals surface area contributed by atoms with Crippen molar-refractivity contribution < 1.29 is 13.2 Å². The summed E-state index contributed by atoms with van der Waals surface area (Å²) in [5.74, 6) is 1.84. The van der Waals surface area contributed by atoms with Gasteiger partial charge in [0.25, 0.3) is 0 Å². The summed E-state index contributed by atoms with van der Waals surface area (Å²) in [5.41, 5.74) is 1.23. The lowest BCUT2D eigenvalue weighted by atomic mass is 9.78. The molecule has 1 aromatic carbocycles. The molecule has 2 N–H and O–H groups in total. The maximum Gasteiger partial charge on any atom is 0.191 e. The van der Waals surface area contributed by atoms with Crippen LogP contribution in [0.4, 0.5) is 0 Å². The van der Waals surface area contributed by atoms with E-state index in [0.29, 0.717) is 13.0 Å². The minimum Gasteiger partial charge on any atom is -0.496 e. The van der Waals surface area contributed by atoms with Crippen LogP contribution in [-0.4, -0.2) is 52.6 Å². The van der Waals surface area contributed by atoms with Crippen LogP contribution in [0, 0.1) is 0 Å². The van der Waals surface area contributed by atoms with Gasteiger partial charge in [-0.1, -0.05) is 31.0 Å². The molecule has 0 bridgehead atoms. The van der Waals surface area contributed by atoms with Gasteiger partial charge in [-0.05, 0) is 39.2 Å². The highest BCUT2D eigenvalue weighted by atomic mass is 127. The Morgan fingerprint density at radius 3 is 2.52 bits per heavy atom. The molecule has 1 aliphatic rings. The Labute approximate surface area is 193 Å². The van der Waals surface area contributed by atoms with E-state index in [0.717, 1.165) is 31.1 Å². The van der Waals surface area contributed by atoms with Crippen LogP contribution in [0.25, 0.3) is 0 Å². The maximum absolute atomic E-state index is 11.4. The number of ether oxygens (including phenoxy) is 1. The Morgan fingerprint density at radius 2 is 1.93 bits per heavy atom. The van der Waals surface area contributed by atoms with E-state index in [1.807, 2.05) is 26.0 Å². The van der Waals surface area contributed by atoms with Crippen molar-refractivity contribution in [2.45, 2.75) is 57.4 Å².